The summed E-state index contributed by atoms with van der Waals surface area (Å²) in [5.74, 6) is -0.786. The van der Waals surface area contributed by atoms with E-state index in [0.29, 0.717) is 15.7 Å². The molecule has 0 aromatic heterocycles. The van der Waals surface area contributed by atoms with Crippen molar-refractivity contribution in [3.8, 4) is 0 Å². The molecular weight excluding hydrogens is 381 g/mol. The van der Waals surface area contributed by atoms with Gasteiger partial charge in [-0.2, -0.15) is 0 Å². The summed E-state index contributed by atoms with van der Waals surface area (Å²) in [6, 6.07) is 10.7. The zero-order valence-corrected chi connectivity index (χ0v) is 16.1. The predicted octanol–water partition coefficient (Wildman–Crippen LogP) is 4.88. The molecule has 7 heteroatoms. The van der Waals surface area contributed by atoms with Crippen molar-refractivity contribution in [1.82, 2.24) is 0 Å². The number of halogens is 2. The molecular formula is C18H17Cl2NO3S. The standard InChI is InChI=1S/C18H17Cl2NO3S/c1-11-3-5-14(7-12(11)2)25-10-18(23)24-9-17(22)21-16-6-4-13(19)8-15(16)20/h3-8H,9-10H2,1-2H3,(H,21,22). The summed E-state index contributed by atoms with van der Waals surface area (Å²) < 4.78 is 4.97. The number of ether oxygens (including phenoxy) is 1. The summed E-state index contributed by atoms with van der Waals surface area (Å²) in [4.78, 5) is 24.6. The van der Waals surface area contributed by atoms with E-state index in [1.165, 1.54) is 23.4 Å². The molecule has 2 aromatic rings. The Morgan fingerprint density at radius 3 is 2.52 bits per heavy atom. The number of esters is 1. The van der Waals surface area contributed by atoms with Crippen LogP contribution in [-0.4, -0.2) is 24.2 Å². The Hall–Kier alpha value is -1.69. The monoisotopic (exact) mass is 397 g/mol. The van der Waals surface area contributed by atoms with E-state index >= 15 is 0 Å². The van der Waals surface area contributed by atoms with Crippen LogP contribution in [0.1, 0.15) is 11.1 Å². The second-order valence-electron chi connectivity index (χ2n) is 5.37. The van der Waals surface area contributed by atoms with Crippen LogP contribution in [0.5, 0.6) is 0 Å². The molecule has 132 valence electrons. The minimum atomic E-state index is -0.464. The Labute approximate surface area is 160 Å². The number of hydrogen-bond donors (Lipinski definition) is 1. The van der Waals surface area contributed by atoms with E-state index in [2.05, 4.69) is 5.32 Å². The minimum Gasteiger partial charge on any atom is -0.455 e. The first-order chi connectivity index (χ1) is 11.8. The van der Waals surface area contributed by atoms with E-state index in [1.54, 1.807) is 12.1 Å². The van der Waals surface area contributed by atoms with Crippen LogP contribution in [0.25, 0.3) is 0 Å². The summed E-state index contributed by atoms with van der Waals surface area (Å²) >= 11 is 13.1. The first kappa shape index (κ1) is 19.6. The van der Waals surface area contributed by atoms with E-state index in [0.717, 1.165) is 10.5 Å². The van der Waals surface area contributed by atoms with Gasteiger partial charge in [0.2, 0.25) is 0 Å². The van der Waals surface area contributed by atoms with Crippen LogP contribution in [0.15, 0.2) is 41.3 Å². The Balaban J connectivity index is 1.77. The number of carbonyl (C=O) groups is 2. The third kappa shape index (κ3) is 6.27. The largest absolute Gasteiger partial charge is 0.455 e. The topological polar surface area (TPSA) is 55.4 Å². The molecule has 2 aromatic carbocycles. The molecule has 0 spiro atoms. The zero-order valence-electron chi connectivity index (χ0n) is 13.8. The van der Waals surface area contributed by atoms with E-state index in [1.807, 2.05) is 32.0 Å². The van der Waals surface area contributed by atoms with E-state index in [4.69, 9.17) is 27.9 Å². The summed E-state index contributed by atoms with van der Waals surface area (Å²) in [6.07, 6.45) is 0. The number of anilines is 1. The highest BCUT2D eigenvalue weighted by Gasteiger charge is 2.10. The first-order valence-corrected chi connectivity index (χ1v) is 9.20. The number of rotatable bonds is 6. The molecule has 0 heterocycles. The van der Waals surface area contributed by atoms with Crippen LogP contribution in [0.3, 0.4) is 0 Å². The molecule has 0 radical (unpaired) electrons. The first-order valence-electron chi connectivity index (χ1n) is 7.45. The lowest BCUT2D eigenvalue weighted by Crippen LogP contribution is -2.21. The smallest absolute Gasteiger partial charge is 0.316 e. The number of amides is 1. The van der Waals surface area contributed by atoms with Crippen LogP contribution in [0, 0.1) is 13.8 Å². The van der Waals surface area contributed by atoms with Gasteiger partial charge in [-0.25, -0.2) is 0 Å². The number of hydrogen-bond acceptors (Lipinski definition) is 4. The van der Waals surface area contributed by atoms with Crippen molar-refractivity contribution < 1.29 is 14.3 Å². The average Bonchev–Trinajstić information content (AvgIpc) is 2.56. The van der Waals surface area contributed by atoms with Crippen molar-refractivity contribution in [1.29, 1.82) is 0 Å². The maximum absolute atomic E-state index is 11.8. The third-order valence-corrected chi connectivity index (χ3v) is 4.92. The second-order valence-corrected chi connectivity index (χ2v) is 7.26. The highest BCUT2D eigenvalue weighted by atomic mass is 35.5. The van der Waals surface area contributed by atoms with Gasteiger partial charge in [0.25, 0.3) is 5.91 Å². The molecule has 0 saturated heterocycles. The van der Waals surface area contributed by atoms with Crippen LogP contribution in [0.2, 0.25) is 10.0 Å². The minimum absolute atomic E-state index is 0.136. The van der Waals surface area contributed by atoms with Crippen molar-refractivity contribution in [3.05, 3.63) is 57.6 Å². The molecule has 0 aliphatic carbocycles. The molecule has 25 heavy (non-hydrogen) atoms. The number of thioether (sulfide) groups is 1. The maximum Gasteiger partial charge on any atom is 0.316 e. The maximum atomic E-state index is 11.8. The van der Waals surface area contributed by atoms with Crippen molar-refractivity contribution in [3.63, 3.8) is 0 Å². The van der Waals surface area contributed by atoms with Crippen LogP contribution < -0.4 is 5.32 Å². The van der Waals surface area contributed by atoms with Gasteiger partial charge >= 0.3 is 5.97 Å². The average molecular weight is 398 g/mol. The molecule has 0 bridgehead atoms. The van der Waals surface area contributed by atoms with Gasteiger partial charge in [0.15, 0.2) is 6.61 Å². The third-order valence-electron chi connectivity index (χ3n) is 3.40. The van der Waals surface area contributed by atoms with E-state index in [-0.39, 0.29) is 12.4 Å². The molecule has 0 atom stereocenters. The summed E-state index contributed by atoms with van der Waals surface area (Å²) in [7, 11) is 0. The lowest BCUT2D eigenvalue weighted by Gasteiger charge is -2.08. The van der Waals surface area contributed by atoms with Crippen molar-refractivity contribution in [2.75, 3.05) is 17.7 Å². The number of nitrogens with one attached hydrogen (secondary N) is 1. The molecule has 0 aliphatic heterocycles. The van der Waals surface area contributed by atoms with Crippen molar-refractivity contribution in [2.45, 2.75) is 18.7 Å². The fraction of sp³-hybridized carbons (Fsp3) is 0.222. The van der Waals surface area contributed by atoms with Gasteiger partial charge in [0.05, 0.1) is 16.5 Å². The lowest BCUT2D eigenvalue weighted by molar-refractivity contribution is -0.144. The van der Waals surface area contributed by atoms with E-state index < -0.39 is 11.9 Å². The molecule has 0 aliphatic rings. The Kier molecular flexibility index (Phi) is 7.17. The molecule has 0 saturated carbocycles. The fourth-order valence-corrected chi connectivity index (χ4v) is 3.16. The van der Waals surface area contributed by atoms with E-state index in [9.17, 15) is 9.59 Å². The van der Waals surface area contributed by atoms with Crippen LogP contribution in [-0.2, 0) is 14.3 Å². The quantitative estimate of drug-likeness (QED) is 0.557. The zero-order chi connectivity index (χ0) is 18.4. The number of carbonyl (C=O) groups excluding carboxylic acids is 2. The lowest BCUT2D eigenvalue weighted by atomic mass is 10.1. The molecule has 1 amide bonds. The highest BCUT2D eigenvalue weighted by molar-refractivity contribution is 8.00. The Morgan fingerprint density at radius 2 is 1.84 bits per heavy atom. The van der Waals surface area contributed by atoms with Crippen molar-refractivity contribution >= 4 is 52.5 Å². The number of benzene rings is 2. The Bertz CT molecular complexity index is 796. The van der Waals surface area contributed by atoms with Gasteiger partial charge < -0.3 is 10.1 Å². The summed E-state index contributed by atoms with van der Waals surface area (Å²) in [5, 5.41) is 3.35. The second kappa shape index (κ2) is 9.13. The van der Waals surface area contributed by atoms with Crippen molar-refractivity contribution in [2.24, 2.45) is 0 Å². The van der Waals surface area contributed by atoms with Gasteiger partial charge in [-0.05, 0) is 55.3 Å². The molecule has 0 unspecified atom stereocenters. The van der Waals surface area contributed by atoms with Gasteiger partial charge in [-0.1, -0.05) is 29.3 Å². The SMILES string of the molecule is Cc1ccc(SCC(=O)OCC(=O)Nc2ccc(Cl)cc2Cl)cc1C. The van der Waals surface area contributed by atoms with Crippen LogP contribution in [0.4, 0.5) is 5.69 Å². The molecule has 1 N–H and O–H groups in total. The van der Waals surface area contributed by atoms with Gasteiger partial charge in [-0.15, -0.1) is 11.8 Å². The van der Waals surface area contributed by atoms with Crippen LogP contribution >= 0.6 is 35.0 Å². The number of aryl methyl sites for hydroxylation is 2. The highest BCUT2D eigenvalue weighted by Crippen LogP contribution is 2.25. The van der Waals surface area contributed by atoms with Gasteiger partial charge in [-0.3, -0.25) is 9.59 Å². The summed E-state index contributed by atoms with van der Waals surface area (Å²) in [5.41, 5.74) is 2.78. The molecule has 4 nitrogen and oxygen atoms in total. The molecule has 2 rings (SSSR count). The predicted molar refractivity (Wildman–Crippen MR) is 103 cm³/mol. The summed E-state index contributed by atoms with van der Waals surface area (Å²) in [6.45, 7) is 3.68. The van der Waals surface area contributed by atoms with Gasteiger partial charge in [0, 0.05) is 9.92 Å². The normalized spacial score (nSPS) is 10.4. The fourth-order valence-electron chi connectivity index (χ4n) is 1.91. The van der Waals surface area contributed by atoms with Gasteiger partial charge in [0.1, 0.15) is 0 Å². The molecule has 0 fully saturated rings. The Morgan fingerprint density at radius 1 is 1.08 bits per heavy atom.